The topological polar surface area (TPSA) is 80.9 Å². The monoisotopic (exact) mass is 372 g/mol. The quantitative estimate of drug-likeness (QED) is 0.636. The number of aryl methyl sites for hydroxylation is 2. The summed E-state index contributed by atoms with van der Waals surface area (Å²) in [5.41, 5.74) is 3.20. The van der Waals surface area contributed by atoms with E-state index in [-0.39, 0.29) is 11.7 Å². The molecule has 1 aromatic carbocycles. The van der Waals surface area contributed by atoms with Gasteiger partial charge in [0, 0.05) is 31.6 Å². The van der Waals surface area contributed by atoms with E-state index >= 15 is 0 Å². The van der Waals surface area contributed by atoms with Crippen molar-refractivity contribution in [1.29, 1.82) is 0 Å². The number of imidazole rings is 2. The zero-order valence-corrected chi connectivity index (χ0v) is 15.9. The molecule has 0 aliphatic rings. The Morgan fingerprint density at radius 2 is 2.07 bits per heavy atom. The van der Waals surface area contributed by atoms with Crippen LogP contribution in [0.15, 0.2) is 24.5 Å². The lowest BCUT2D eigenvalue weighted by Crippen LogP contribution is -2.36. The first-order valence-corrected chi connectivity index (χ1v) is 8.98. The highest BCUT2D eigenvalue weighted by Crippen LogP contribution is 2.15. The molecule has 0 atom stereocenters. The van der Waals surface area contributed by atoms with Crippen molar-refractivity contribution in [2.75, 3.05) is 27.2 Å². The Balaban J connectivity index is 1.65. The Kier molecular flexibility index (Phi) is 5.85. The van der Waals surface area contributed by atoms with Gasteiger partial charge >= 0.3 is 0 Å². The van der Waals surface area contributed by atoms with Crippen LogP contribution in [0.3, 0.4) is 0 Å². The van der Waals surface area contributed by atoms with Gasteiger partial charge in [0.05, 0.1) is 29.6 Å². The fraction of sp³-hybridized carbons (Fsp3) is 0.421. The summed E-state index contributed by atoms with van der Waals surface area (Å²) in [7, 11) is 3.96. The van der Waals surface area contributed by atoms with E-state index in [2.05, 4.69) is 19.9 Å². The third-order valence-corrected chi connectivity index (χ3v) is 4.51. The van der Waals surface area contributed by atoms with Crippen molar-refractivity contribution in [2.24, 2.45) is 0 Å². The van der Waals surface area contributed by atoms with E-state index < -0.39 is 0 Å². The van der Waals surface area contributed by atoms with E-state index in [0.717, 1.165) is 17.9 Å². The second-order valence-corrected chi connectivity index (χ2v) is 6.94. The predicted octanol–water partition coefficient (Wildman–Crippen LogP) is 2.26. The smallest absolute Gasteiger partial charge is 0.223 e. The number of aromatic amines is 2. The lowest BCUT2D eigenvalue weighted by atomic mass is 10.2. The molecule has 0 aliphatic heterocycles. The minimum Gasteiger partial charge on any atom is -0.348 e. The molecular formula is C19H25FN6O. The number of amides is 1. The number of nitrogens with zero attached hydrogens (tertiary/aromatic N) is 4. The van der Waals surface area contributed by atoms with E-state index in [4.69, 9.17) is 0 Å². The second kappa shape index (κ2) is 8.30. The lowest BCUT2D eigenvalue weighted by molar-refractivity contribution is -0.132. The molecule has 0 saturated heterocycles. The van der Waals surface area contributed by atoms with Gasteiger partial charge in [0.2, 0.25) is 5.91 Å². The van der Waals surface area contributed by atoms with Crippen molar-refractivity contribution in [1.82, 2.24) is 29.7 Å². The largest absolute Gasteiger partial charge is 0.348 e. The van der Waals surface area contributed by atoms with Gasteiger partial charge in [0.25, 0.3) is 0 Å². The van der Waals surface area contributed by atoms with E-state index in [1.54, 1.807) is 12.4 Å². The van der Waals surface area contributed by atoms with Gasteiger partial charge in [0.1, 0.15) is 11.6 Å². The van der Waals surface area contributed by atoms with Gasteiger partial charge in [0.15, 0.2) is 0 Å². The minimum atomic E-state index is -0.307. The number of hydrogen-bond donors (Lipinski definition) is 2. The fourth-order valence-electron chi connectivity index (χ4n) is 2.88. The summed E-state index contributed by atoms with van der Waals surface area (Å²) >= 11 is 0. The molecule has 3 aromatic rings. The Morgan fingerprint density at radius 3 is 2.78 bits per heavy atom. The Morgan fingerprint density at radius 1 is 1.26 bits per heavy atom. The zero-order valence-electron chi connectivity index (χ0n) is 15.9. The van der Waals surface area contributed by atoms with Crippen LogP contribution in [0.4, 0.5) is 4.39 Å². The number of fused-ring (bicyclic) bond motifs is 1. The number of aromatic nitrogens is 4. The van der Waals surface area contributed by atoms with Gasteiger partial charge < -0.3 is 19.8 Å². The van der Waals surface area contributed by atoms with Crippen molar-refractivity contribution < 1.29 is 9.18 Å². The van der Waals surface area contributed by atoms with Crippen molar-refractivity contribution in [2.45, 2.75) is 26.3 Å². The number of carbonyl (C=O) groups excluding carboxylic acids is 1. The van der Waals surface area contributed by atoms with Crippen LogP contribution < -0.4 is 0 Å². The van der Waals surface area contributed by atoms with Crippen LogP contribution in [0.5, 0.6) is 0 Å². The number of carbonyl (C=O) groups is 1. The predicted molar refractivity (Wildman–Crippen MR) is 102 cm³/mol. The normalized spacial score (nSPS) is 11.4. The van der Waals surface area contributed by atoms with Gasteiger partial charge in [-0.2, -0.15) is 0 Å². The SMILES string of the molecule is Cc1[nH]cnc1CN(CCN(C)C)C(=O)CCc1nc2ccc(F)cc2[nH]1. The molecule has 2 N–H and O–H groups in total. The molecule has 0 aliphatic carbocycles. The Labute approximate surface area is 157 Å². The third kappa shape index (κ3) is 4.91. The van der Waals surface area contributed by atoms with E-state index in [1.165, 1.54) is 12.1 Å². The minimum absolute atomic E-state index is 0.0471. The first-order valence-electron chi connectivity index (χ1n) is 8.98. The van der Waals surface area contributed by atoms with Crippen LogP contribution in [-0.2, 0) is 17.8 Å². The van der Waals surface area contributed by atoms with Gasteiger partial charge in [-0.1, -0.05) is 0 Å². The molecule has 1 amide bonds. The van der Waals surface area contributed by atoms with Crippen molar-refractivity contribution in [3.8, 4) is 0 Å². The molecule has 144 valence electrons. The lowest BCUT2D eigenvalue weighted by Gasteiger charge is -2.24. The summed E-state index contributed by atoms with van der Waals surface area (Å²) in [5, 5.41) is 0. The molecule has 0 bridgehead atoms. The van der Waals surface area contributed by atoms with E-state index in [0.29, 0.717) is 42.8 Å². The van der Waals surface area contributed by atoms with Crippen LogP contribution in [0, 0.1) is 12.7 Å². The Hall–Kier alpha value is -2.74. The maximum Gasteiger partial charge on any atom is 0.223 e. The maximum absolute atomic E-state index is 13.3. The Bertz CT molecular complexity index is 916. The number of rotatable bonds is 8. The van der Waals surface area contributed by atoms with Gasteiger partial charge in [-0.15, -0.1) is 0 Å². The zero-order chi connectivity index (χ0) is 19.4. The summed E-state index contributed by atoms with van der Waals surface area (Å²) in [4.78, 5) is 31.5. The average Bonchev–Trinajstić information content (AvgIpc) is 3.21. The summed E-state index contributed by atoms with van der Waals surface area (Å²) in [6, 6.07) is 4.43. The molecule has 0 unspecified atom stereocenters. The average molecular weight is 372 g/mol. The molecule has 27 heavy (non-hydrogen) atoms. The number of halogens is 1. The molecule has 8 heteroatoms. The first-order chi connectivity index (χ1) is 12.9. The van der Waals surface area contributed by atoms with Gasteiger partial charge in [-0.05, 0) is 39.2 Å². The first kappa shape index (κ1) is 19.0. The molecule has 2 heterocycles. The van der Waals surface area contributed by atoms with Crippen LogP contribution in [0.1, 0.15) is 23.6 Å². The highest BCUT2D eigenvalue weighted by Gasteiger charge is 2.17. The molecule has 0 spiro atoms. The number of hydrogen-bond acceptors (Lipinski definition) is 4. The third-order valence-electron chi connectivity index (χ3n) is 4.51. The van der Waals surface area contributed by atoms with E-state index in [1.807, 2.05) is 30.8 Å². The van der Waals surface area contributed by atoms with Gasteiger partial charge in [-0.25, -0.2) is 14.4 Å². The molecule has 3 rings (SSSR count). The number of likely N-dealkylation sites (N-methyl/N-ethyl adjacent to an activating group) is 1. The summed E-state index contributed by atoms with van der Waals surface area (Å²) in [5.74, 6) is 0.427. The van der Waals surface area contributed by atoms with E-state index in [9.17, 15) is 9.18 Å². The van der Waals surface area contributed by atoms with Crippen LogP contribution in [0.2, 0.25) is 0 Å². The highest BCUT2D eigenvalue weighted by molar-refractivity contribution is 5.77. The van der Waals surface area contributed by atoms with Crippen molar-refractivity contribution >= 4 is 16.9 Å². The van der Waals surface area contributed by atoms with Crippen molar-refractivity contribution in [3.05, 3.63) is 47.6 Å². The molecule has 2 aromatic heterocycles. The molecule has 0 radical (unpaired) electrons. The standard InChI is InChI=1S/C19H25FN6O/c1-13-17(22-12-21-13)11-26(9-8-25(2)3)19(27)7-6-18-23-15-5-4-14(20)10-16(15)24-18/h4-5,10,12H,6-9,11H2,1-3H3,(H,21,22)(H,23,24). The molecular weight excluding hydrogens is 347 g/mol. The van der Waals surface area contributed by atoms with Crippen LogP contribution in [-0.4, -0.2) is 62.8 Å². The summed E-state index contributed by atoms with van der Waals surface area (Å²) in [6.07, 6.45) is 2.46. The fourth-order valence-corrected chi connectivity index (χ4v) is 2.88. The number of nitrogens with one attached hydrogen (secondary N) is 2. The summed E-state index contributed by atoms with van der Waals surface area (Å²) in [6.45, 7) is 3.83. The van der Waals surface area contributed by atoms with Gasteiger partial charge in [-0.3, -0.25) is 4.79 Å². The molecule has 7 nitrogen and oxygen atoms in total. The highest BCUT2D eigenvalue weighted by atomic mass is 19.1. The van der Waals surface area contributed by atoms with Crippen molar-refractivity contribution in [3.63, 3.8) is 0 Å². The molecule has 0 fully saturated rings. The maximum atomic E-state index is 13.3. The van der Waals surface area contributed by atoms with Crippen LogP contribution >= 0.6 is 0 Å². The summed E-state index contributed by atoms with van der Waals surface area (Å²) < 4.78 is 13.3. The number of benzene rings is 1. The van der Waals surface area contributed by atoms with Crippen LogP contribution in [0.25, 0.3) is 11.0 Å². The second-order valence-electron chi connectivity index (χ2n) is 6.94. The number of H-pyrrole nitrogens is 2. The molecule has 0 saturated carbocycles.